The number of anilines is 2. The minimum absolute atomic E-state index is 0.00351. The smallest absolute Gasteiger partial charge is 0.227 e. The highest BCUT2D eigenvalue weighted by Crippen LogP contribution is 2.42. The first-order chi connectivity index (χ1) is 11.4. The average Bonchev–Trinajstić information content (AvgIpc) is 2.49. The molecule has 0 heterocycles. The molecule has 4 nitrogen and oxygen atoms in total. The Kier molecular flexibility index (Phi) is 5.09. The number of nitrogens with one attached hydrogen (secondary N) is 2. The Bertz CT molecular complexity index is 590. The predicted molar refractivity (Wildman–Crippen MR) is 95.3 cm³/mol. The first-order valence-corrected chi connectivity index (χ1v) is 9.06. The standard InChI is InChI=1S/C19H28FN3O/c1-11(2)22-16-7-6-15(20)10-17(16)23-19(24)14-8-12-4-3-5-13(9-14)18(12)21/h6-7,10-14,18,22H,3-5,8-9,21H2,1-2H3,(H,23,24). The summed E-state index contributed by atoms with van der Waals surface area (Å²) < 4.78 is 13.6. The number of fused-ring (bicyclic) bond motifs is 2. The highest BCUT2D eigenvalue weighted by Gasteiger charge is 2.40. The van der Waals surface area contributed by atoms with E-state index in [-0.39, 0.29) is 29.7 Å². The molecule has 2 fully saturated rings. The molecule has 0 aromatic heterocycles. The molecule has 0 aliphatic heterocycles. The fourth-order valence-corrected chi connectivity index (χ4v) is 4.29. The number of hydrogen-bond donors (Lipinski definition) is 3. The summed E-state index contributed by atoms with van der Waals surface area (Å²) in [7, 11) is 0. The lowest BCUT2D eigenvalue weighted by molar-refractivity contribution is -0.122. The number of halogens is 1. The van der Waals surface area contributed by atoms with Crippen LogP contribution in [0.1, 0.15) is 46.0 Å². The lowest BCUT2D eigenvalue weighted by Crippen LogP contribution is -2.48. The number of nitrogens with two attached hydrogens (primary N) is 1. The van der Waals surface area contributed by atoms with Crippen LogP contribution in [0.2, 0.25) is 0 Å². The quantitative estimate of drug-likeness (QED) is 0.786. The van der Waals surface area contributed by atoms with Gasteiger partial charge in [-0.15, -0.1) is 0 Å². The molecular formula is C19H28FN3O. The van der Waals surface area contributed by atoms with Gasteiger partial charge in [0.2, 0.25) is 5.91 Å². The number of benzene rings is 1. The Labute approximate surface area is 143 Å². The maximum atomic E-state index is 13.6. The molecule has 132 valence electrons. The SMILES string of the molecule is CC(C)Nc1ccc(F)cc1NC(=O)C1CC2CCCC(C1)C2N. The van der Waals surface area contributed by atoms with Gasteiger partial charge in [-0.2, -0.15) is 0 Å². The molecule has 2 atom stereocenters. The minimum Gasteiger partial charge on any atom is -0.381 e. The van der Waals surface area contributed by atoms with Crippen LogP contribution in [0, 0.1) is 23.6 Å². The van der Waals surface area contributed by atoms with E-state index in [2.05, 4.69) is 10.6 Å². The summed E-state index contributed by atoms with van der Waals surface area (Å²) in [5.74, 6) is 0.539. The molecule has 2 unspecified atom stereocenters. The molecule has 1 aromatic carbocycles. The molecule has 3 rings (SSSR count). The summed E-state index contributed by atoms with van der Waals surface area (Å²) in [6, 6.07) is 4.92. The second-order valence-electron chi connectivity index (χ2n) is 7.67. The molecule has 24 heavy (non-hydrogen) atoms. The summed E-state index contributed by atoms with van der Waals surface area (Å²) in [5.41, 5.74) is 7.59. The monoisotopic (exact) mass is 333 g/mol. The molecule has 1 amide bonds. The molecule has 0 radical (unpaired) electrons. The maximum Gasteiger partial charge on any atom is 0.227 e. The lowest BCUT2D eigenvalue weighted by atomic mass is 9.65. The number of hydrogen-bond acceptors (Lipinski definition) is 3. The molecule has 2 saturated carbocycles. The zero-order valence-electron chi connectivity index (χ0n) is 14.5. The van der Waals surface area contributed by atoms with Crippen molar-refractivity contribution in [1.82, 2.24) is 0 Å². The van der Waals surface area contributed by atoms with E-state index in [9.17, 15) is 9.18 Å². The van der Waals surface area contributed by atoms with Crippen LogP contribution < -0.4 is 16.4 Å². The van der Waals surface area contributed by atoms with E-state index in [1.165, 1.54) is 18.6 Å². The van der Waals surface area contributed by atoms with Crippen molar-refractivity contribution in [1.29, 1.82) is 0 Å². The van der Waals surface area contributed by atoms with Crippen LogP contribution in [0.3, 0.4) is 0 Å². The number of carbonyl (C=O) groups is 1. The third kappa shape index (κ3) is 3.72. The number of rotatable bonds is 4. The second-order valence-corrected chi connectivity index (χ2v) is 7.67. The molecule has 2 aliphatic rings. The van der Waals surface area contributed by atoms with Crippen molar-refractivity contribution in [2.24, 2.45) is 23.5 Å². The number of carbonyl (C=O) groups excluding carboxylic acids is 1. The van der Waals surface area contributed by atoms with Crippen molar-refractivity contribution < 1.29 is 9.18 Å². The molecule has 2 bridgehead atoms. The van der Waals surface area contributed by atoms with Gasteiger partial charge in [-0.3, -0.25) is 4.79 Å². The Morgan fingerprint density at radius 2 is 1.88 bits per heavy atom. The van der Waals surface area contributed by atoms with E-state index in [1.54, 1.807) is 6.07 Å². The minimum atomic E-state index is -0.345. The van der Waals surface area contributed by atoms with Gasteiger partial charge >= 0.3 is 0 Å². The second kappa shape index (κ2) is 7.09. The van der Waals surface area contributed by atoms with Gasteiger partial charge in [0.1, 0.15) is 5.82 Å². The van der Waals surface area contributed by atoms with Crippen molar-refractivity contribution in [2.45, 2.75) is 58.0 Å². The molecular weight excluding hydrogens is 305 g/mol. The summed E-state index contributed by atoms with van der Waals surface area (Å²) in [5, 5.41) is 6.20. The van der Waals surface area contributed by atoms with Gasteiger partial charge in [0, 0.05) is 18.0 Å². The van der Waals surface area contributed by atoms with Crippen LogP contribution in [0.5, 0.6) is 0 Å². The van der Waals surface area contributed by atoms with Crippen LogP contribution in [0.15, 0.2) is 18.2 Å². The Balaban J connectivity index is 1.72. The zero-order chi connectivity index (χ0) is 17.3. The first kappa shape index (κ1) is 17.2. The van der Waals surface area contributed by atoms with E-state index in [1.807, 2.05) is 13.8 Å². The molecule has 5 heteroatoms. The number of amides is 1. The van der Waals surface area contributed by atoms with Crippen molar-refractivity contribution in [2.75, 3.05) is 10.6 Å². The highest BCUT2D eigenvalue weighted by molar-refractivity contribution is 5.95. The Hall–Kier alpha value is -1.62. The molecule has 0 spiro atoms. The Morgan fingerprint density at radius 1 is 1.21 bits per heavy atom. The van der Waals surface area contributed by atoms with Gasteiger partial charge in [0.15, 0.2) is 0 Å². The normalized spacial score (nSPS) is 29.4. The predicted octanol–water partition coefficient (Wildman–Crippen LogP) is 3.74. The third-order valence-corrected chi connectivity index (χ3v) is 5.47. The zero-order valence-corrected chi connectivity index (χ0v) is 14.5. The fourth-order valence-electron chi connectivity index (χ4n) is 4.29. The topological polar surface area (TPSA) is 67.1 Å². The van der Waals surface area contributed by atoms with E-state index in [0.717, 1.165) is 31.4 Å². The molecule has 4 N–H and O–H groups in total. The highest BCUT2D eigenvalue weighted by atomic mass is 19.1. The van der Waals surface area contributed by atoms with E-state index in [0.29, 0.717) is 17.5 Å². The van der Waals surface area contributed by atoms with E-state index in [4.69, 9.17) is 5.73 Å². The molecule has 1 aromatic rings. The van der Waals surface area contributed by atoms with Gasteiger partial charge < -0.3 is 16.4 Å². The van der Waals surface area contributed by atoms with Crippen LogP contribution >= 0.6 is 0 Å². The van der Waals surface area contributed by atoms with Gasteiger partial charge in [0.25, 0.3) is 0 Å². The van der Waals surface area contributed by atoms with Gasteiger partial charge in [-0.25, -0.2) is 4.39 Å². The van der Waals surface area contributed by atoms with Crippen LogP contribution in [0.25, 0.3) is 0 Å². The van der Waals surface area contributed by atoms with Crippen LogP contribution in [-0.4, -0.2) is 18.0 Å². The fraction of sp³-hybridized carbons (Fsp3) is 0.632. The van der Waals surface area contributed by atoms with Gasteiger partial charge in [-0.1, -0.05) is 6.42 Å². The largest absolute Gasteiger partial charge is 0.381 e. The van der Waals surface area contributed by atoms with Gasteiger partial charge in [0.05, 0.1) is 11.4 Å². The average molecular weight is 333 g/mol. The van der Waals surface area contributed by atoms with E-state index < -0.39 is 0 Å². The molecule has 2 aliphatic carbocycles. The van der Waals surface area contributed by atoms with Crippen LogP contribution in [-0.2, 0) is 4.79 Å². The lowest BCUT2D eigenvalue weighted by Gasteiger charge is -2.43. The maximum absolute atomic E-state index is 13.6. The van der Waals surface area contributed by atoms with Gasteiger partial charge in [-0.05, 0) is 69.6 Å². The van der Waals surface area contributed by atoms with Crippen molar-refractivity contribution in [3.05, 3.63) is 24.0 Å². The summed E-state index contributed by atoms with van der Waals surface area (Å²) in [6.07, 6.45) is 5.18. The summed E-state index contributed by atoms with van der Waals surface area (Å²) >= 11 is 0. The van der Waals surface area contributed by atoms with Crippen LogP contribution in [0.4, 0.5) is 15.8 Å². The van der Waals surface area contributed by atoms with Crippen molar-refractivity contribution in [3.63, 3.8) is 0 Å². The van der Waals surface area contributed by atoms with E-state index >= 15 is 0 Å². The first-order valence-electron chi connectivity index (χ1n) is 9.06. The van der Waals surface area contributed by atoms with Crippen molar-refractivity contribution in [3.8, 4) is 0 Å². The molecule has 0 saturated heterocycles. The summed E-state index contributed by atoms with van der Waals surface area (Å²) in [4.78, 5) is 12.8. The Morgan fingerprint density at radius 3 is 2.50 bits per heavy atom. The van der Waals surface area contributed by atoms with Crippen molar-refractivity contribution >= 4 is 17.3 Å². The summed E-state index contributed by atoms with van der Waals surface area (Å²) in [6.45, 7) is 4.03. The third-order valence-electron chi connectivity index (χ3n) is 5.47.